The van der Waals surface area contributed by atoms with E-state index in [1.165, 1.54) is 19.2 Å². The van der Waals surface area contributed by atoms with Gasteiger partial charge < -0.3 is 14.8 Å². The van der Waals surface area contributed by atoms with Gasteiger partial charge in [-0.05, 0) is 55.5 Å². The number of para-hydroxylation sites is 1. The Kier molecular flexibility index (Phi) is 6.24. The van der Waals surface area contributed by atoms with Crippen LogP contribution < -0.4 is 10.1 Å². The molecule has 0 aliphatic rings. The van der Waals surface area contributed by atoms with E-state index in [0.717, 1.165) is 0 Å². The maximum absolute atomic E-state index is 12.3. The molecule has 3 rings (SSSR count). The summed E-state index contributed by atoms with van der Waals surface area (Å²) in [7, 11) is 0. The summed E-state index contributed by atoms with van der Waals surface area (Å²) in [6, 6.07) is 19.3. The maximum Gasteiger partial charge on any atom is 0.342 e. The summed E-state index contributed by atoms with van der Waals surface area (Å²) in [5.41, 5.74) is 0.652. The van der Waals surface area contributed by atoms with E-state index in [0.29, 0.717) is 17.2 Å². The molecule has 1 atom stereocenters. The molecule has 1 aromatic heterocycles. The molecule has 0 bridgehead atoms. The van der Waals surface area contributed by atoms with Crippen LogP contribution in [0, 0.1) is 0 Å². The number of esters is 1. The molecule has 0 saturated carbocycles. The van der Waals surface area contributed by atoms with E-state index in [1.54, 1.807) is 30.3 Å². The van der Waals surface area contributed by atoms with Crippen LogP contribution in [-0.2, 0) is 9.53 Å². The molecule has 1 amide bonds. The molecule has 0 saturated heterocycles. The summed E-state index contributed by atoms with van der Waals surface area (Å²) < 4.78 is 10.9. The van der Waals surface area contributed by atoms with Crippen molar-refractivity contribution >= 4 is 29.2 Å². The predicted octanol–water partition coefficient (Wildman–Crippen LogP) is 4.71. The molecule has 0 aliphatic carbocycles. The van der Waals surface area contributed by atoms with Crippen molar-refractivity contribution in [2.24, 2.45) is 0 Å². The molecule has 1 heterocycles. The molecular weight excluding hydrogens is 380 g/mol. The fourth-order valence-electron chi connectivity index (χ4n) is 2.29. The summed E-state index contributed by atoms with van der Waals surface area (Å²) in [5.74, 6) is 0.168. The minimum Gasteiger partial charge on any atom is -0.457 e. The fraction of sp³-hybridized carbons (Fsp3) is 0.0952. The lowest BCUT2D eigenvalue weighted by molar-refractivity contribution is -0.123. The number of benzene rings is 2. The topological polar surface area (TPSA) is 77.5 Å². The van der Waals surface area contributed by atoms with Crippen LogP contribution >= 0.6 is 11.6 Å². The van der Waals surface area contributed by atoms with E-state index in [4.69, 9.17) is 21.1 Å². The molecule has 7 heteroatoms. The van der Waals surface area contributed by atoms with Crippen molar-refractivity contribution in [3.8, 4) is 11.5 Å². The van der Waals surface area contributed by atoms with Crippen molar-refractivity contribution in [1.82, 2.24) is 4.98 Å². The minimum atomic E-state index is -1.01. The van der Waals surface area contributed by atoms with Crippen LogP contribution in [0.2, 0.25) is 5.15 Å². The van der Waals surface area contributed by atoms with Crippen LogP contribution in [0.1, 0.15) is 17.3 Å². The lowest BCUT2D eigenvalue weighted by Gasteiger charge is -2.14. The van der Waals surface area contributed by atoms with Gasteiger partial charge in [0.15, 0.2) is 6.10 Å². The lowest BCUT2D eigenvalue weighted by Crippen LogP contribution is -2.30. The van der Waals surface area contributed by atoms with Crippen molar-refractivity contribution in [2.75, 3.05) is 5.32 Å². The molecule has 142 valence electrons. The second-order valence-corrected chi connectivity index (χ2v) is 6.18. The standard InChI is InChI=1S/C21H17ClN2O4/c1-14(27-21(26)18-8-5-13-23-19(18)22)20(25)24-15-9-11-17(12-10-15)28-16-6-3-2-4-7-16/h2-14H,1H3,(H,24,25). The first-order chi connectivity index (χ1) is 13.5. The number of ether oxygens (including phenoxy) is 2. The number of hydrogen-bond donors (Lipinski definition) is 1. The van der Waals surface area contributed by atoms with Crippen molar-refractivity contribution in [3.05, 3.63) is 83.6 Å². The van der Waals surface area contributed by atoms with Crippen LogP contribution in [0.5, 0.6) is 11.5 Å². The summed E-state index contributed by atoms with van der Waals surface area (Å²) in [6.07, 6.45) is 0.449. The smallest absolute Gasteiger partial charge is 0.342 e. The number of amides is 1. The Morgan fingerprint density at radius 1 is 0.964 bits per heavy atom. The van der Waals surface area contributed by atoms with Gasteiger partial charge in [0.2, 0.25) is 0 Å². The highest BCUT2D eigenvalue weighted by molar-refractivity contribution is 6.32. The highest BCUT2D eigenvalue weighted by Crippen LogP contribution is 2.23. The summed E-state index contributed by atoms with van der Waals surface area (Å²) in [6.45, 7) is 1.48. The highest BCUT2D eigenvalue weighted by atomic mass is 35.5. The largest absolute Gasteiger partial charge is 0.457 e. The summed E-state index contributed by atoms with van der Waals surface area (Å²) in [4.78, 5) is 28.2. The molecular formula is C21H17ClN2O4. The van der Waals surface area contributed by atoms with Gasteiger partial charge in [0.1, 0.15) is 16.7 Å². The maximum atomic E-state index is 12.3. The third-order valence-corrected chi connectivity index (χ3v) is 4.03. The van der Waals surface area contributed by atoms with Crippen LogP contribution in [0.15, 0.2) is 72.9 Å². The van der Waals surface area contributed by atoms with Crippen molar-refractivity contribution in [2.45, 2.75) is 13.0 Å². The Balaban J connectivity index is 1.56. The molecule has 6 nitrogen and oxygen atoms in total. The number of carbonyl (C=O) groups excluding carboxylic acids is 2. The first-order valence-electron chi connectivity index (χ1n) is 8.48. The lowest BCUT2D eigenvalue weighted by atomic mass is 10.2. The Morgan fingerprint density at radius 2 is 1.64 bits per heavy atom. The highest BCUT2D eigenvalue weighted by Gasteiger charge is 2.21. The van der Waals surface area contributed by atoms with Gasteiger partial charge in [0, 0.05) is 11.9 Å². The number of anilines is 1. The average molecular weight is 397 g/mol. The zero-order valence-electron chi connectivity index (χ0n) is 15.0. The third-order valence-electron chi connectivity index (χ3n) is 3.73. The van der Waals surface area contributed by atoms with Crippen LogP contribution in [0.4, 0.5) is 5.69 Å². The molecule has 0 aliphatic heterocycles. The van der Waals surface area contributed by atoms with Crippen LogP contribution in [0.25, 0.3) is 0 Å². The zero-order valence-corrected chi connectivity index (χ0v) is 15.7. The molecule has 2 aromatic carbocycles. The second-order valence-electron chi connectivity index (χ2n) is 5.82. The number of rotatable bonds is 6. The van der Waals surface area contributed by atoms with Gasteiger partial charge in [-0.1, -0.05) is 29.8 Å². The second kappa shape index (κ2) is 9.01. The molecule has 28 heavy (non-hydrogen) atoms. The van der Waals surface area contributed by atoms with Gasteiger partial charge in [-0.2, -0.15) is 0 Å². The summed E-state index contributed by atoms with van der Waals surface area (Å²) >= 11 is 5.86. The van der Waals surface area contributed by atoms with Crippen LogP contribution in [0.3, 0.4) is 0 Å². The van der Waals surface area contributed by atoms with Crippen LogP contribution in [-0.4, -0.2) is 23.0 Å². The number of nitrogens with zero attached hydrogens (tertiary/aromatic N) is 1. The van der Waals surface area contributed by atoms with E-state index >= 15 is 0 Å². The first kappa shape index (κ1) is 19.4. The number of carbonyl (C=O) groups is 2. The molecule has 1 unspecified atom stereocenters. The number of aromatic nitrogens is 1. The van der Waals surface area contributed by atoms with Crippen molar-refractivity contribution in [1.29, 1.82) is 0 Å². The fourth-order valence-corrected chi connectivity index (χ4v) is 2.49. The summed E-state index contributed by atoms with van der Waals surface area (Å²) in [5, 5.41) is 2.71. The van der Waals surface area contributed by atoms with Crippen molar-refractivity contribution < 1.29 is 19.1 Å². The van der Waals surface area contributed by atoms with Gasteiger partial charge >= 0.3 is 5.97 Å². The van der Waals surface area contributed by atoms with Gasteiger partial charge in [-0.15, -0.1) is 0 Å². The Bertz CT molecular complexity index is 962. The van der Waals surface area contributed by atoms with E-state index in [2.05, 4.69) is 10.3 Å². The first-order valence-corrected chi connectivity index (χ1v) is 8.86. The Labute approximate surface area is 167 Å². The molecule has 3 aromatic rings. The molecule has 1 N–H and O–H groups in total. The Morgan fingerprint density at radius 3 is 2.32 bits per heavy atom. The van der Waals surface area contributed by atoms with Crippen molar-refractivity contribution in [3.63, 3.8) is 0 Å². The van der Waals surface area contributed by atoms with Gasteiger partial charge in [-0.3, -0.25) is 4.79 Å². The number of pyridine rings is 1. The minimum absolute atomic E-state index is 0.0223. The van der Waals surface area contributed by atoms with E-state index in [-0.39, 0.29) is 10.7 Å². The third kappa shape index (κ3) is 5.08. The molecule has 0 fully saturated rings. The van der Waals surface area contributed by atoms with Gasteiger partial charge in [-0.25, -0.2) is 9.78 Å². The number of halogens is 1. The average Bonchev–Trinajstić information content (AvgIpc) is 2.70. The normalized spacial score (nSPS) is 11.4. The monoisotopic (exact) mass is 396 g/mol. The Hall–Kier alpha value is -3.38. The van der Waals surface area contributed by atoms with Gasteiger partial charge in [0.05, 0.1) is 5.56 Å². The molecule has 0 spiro atoms. The van der Waals surface area contributed by atoms with E-state index < -0.39 is 18.0 Å². The molecule has 0 radical (unpaired) electrons. The predicted molar refractivity (Wildman–Crippen MR) is 106 cm³/mol. The zero-order chi connectivity index (χ0) is 19.9. The van der Waals surface area contributed by atoms with Gasteiger partial charge in [0.25, 0.3) is 5.91 Å². The number of nitrogens with one attached hydrogen (secondary N) is 1. The van der Waals surface area contributed by atoms with E-state index in [9.17, 15) is 9.59 Å². The quantitative estimate of drug-likeness (QED) is 0.482. The number of hydrogen-bond acceptors (Lipinski definition) is 5. The van der Waals surface area contributed by atoms with E-state index in [1.807, 2.05) is 30.3 Å². The SMILES string of the molecule is CC(OC(=O)c1cccnc1Cl)C(=O)Nc1ccc(Oc2ccccc2)cc1.